The maximum absolute atomic E-state index is 12.3. The number of alkyl halides is 3. The third-order valence-corrected chi connectivity index (χ3v) is 2.58. The fourth-order valence-corrected chi connectivity index (χ4v) is 1.96. The van der Waals surface area contributed by atoms with Crippen LogP contribution in [0.1, 0.15) is 10.9 Å². The lowest BCUT2D eigenvalue weighted by atomic mass is 10.2. The van der Waals surface area contributed by atoms with Crippen molar-refractivity contribution in [2.75, 3.05) is 7.05 Å². The Morgan fingerprint density at radius 2 is 2.23 bits per heavy atom. The number of hydrogen-bond acceptors (Lipinski definition) is 3. The fourth-order valence-electron chi connectivity index (χ4n) is 0.865. The first-order valence-corrected chi connectivity index (χ1v) is 4.50. The van der Waals surface area contributed by atoms with Crippen molar-refractivity contribution in [2.45, 2.75) is 12.2 Å². The zero-order valence-electron chi connectivity index (χ0n) is 6.52. The number of nitrogens with zero attached hydrogens (tertiary/aromatic N) is 1. The molecule has 0 aliphatic rings. The molecule has 0 aliphatic carbocycles. The Labute approximate surface area is 81.7 Å². The molecule has 0 amide bonds. The Morgan fingerprint density at radius 3 is 2.54 bits per heavy atom. The zero-order chi connectivity index (χ0) is 10.1. The van der Waals surface area contributed by atoms with Crippen LogP contribution in [0.4, 0.5) is 13.2 Å². The van der Waals surface area contributed by atoms with E-state index in [0.29, 0.717) is 0 Å². The van der Waals surface area contributed by atoms with Crippen LogP contribution >= 0.6 is 22.9 Å². The van der Waals surface area contributed by atoms with E-state index >= 15 is 0 Å². The topological polar surface area (TPSA) is 24.9 Å². The van der Waals surface area contributed by atoms with Crippen molar-refractivity contribution in [3.63, 3.8) is 0 Å². The third-order valence-electron chi connectivity index (χ3n) is 1.40. The molecule has 2 nitrogen and oxygen atoms in total. The van der Waals surface area contributed by atoms with Crippen LogP contribution in [0.2, 0.25) is 4.47 Å². The summed E-state index contributed by atoms with van der Waals surface area (Å²) >= 11 is 6.24. The summed E-state index contributed by atoms with van der Waals surface area (Å²) in [6, 6.07) is -1.68. The van der Waals surface area contributed by atoms with Gasteiger partial charge < -0.3 is 5.32 Å². The monoisotopic (exact) mass is 230 g/mol. The molecule has 13 heavy (non-hydrogen) atoms. The largest absolute Gasteiger partial charge is 0.408 e. The summed E-state index contributed by atoms with van der Waals surface area (Å²) < 4.78 is 37.0. The molecular formula is C6H6ClF3N2S. The molecule has 1 aromatic heterocycles. The maximum Gasteiger partial charge on any atom is 0.408 e. The molecule has 7 heteroatoms. The van der Waals surface area contributed by atoms with Crippen LogP contribution in [-0.2, 0) is 0 Å². The zero-order valence-corrected chi connectivity index (χ0v) is 8.09. The molecule has 1 unspecified atom stereocenters. The van der Waals surface area contributed by atoms with Gasteiger partial charge in [0.15, 0.2) is 4.47 Å². The van der Waals surface area contributed by atoms with Gasteiger partial charge in [0, 0.05) is 6.20 Å². The summed E-state index contributed by atoms with van der Waals surface area (Å²) in [4.78, 5) is 3.61. The Balaban J connectivity index is 2.91. The highest BCUT2D eigenvalue weighted by Gasteiger charge is 2.40. The van der Waals surface area contributed by atoms with E-state index < -0.39 is 12.2 Å². The second-order valence-corrected chi connectivity index (χ2v) is 3.92. The van der Waals surface area contributed by atoms with Crippen molar-refractivity contribution >= 4 is 22.9 Å². The van der Waals surface area contributed by atoms with Gasteiger partial charge in [0.25, 0.3) is 0 Å². The summed E-state index contributed by atoms with van der Waals surface area (Å²) in [6.45, 7) is 0. The summed E-state index contributed by atoms with van der Waals surface area (Å²) in [5.41, 5.74) is 0. The van der Waals surface area contributed by atoms with Crippen molar-refractivity contribution in [1.29, 1.82) is 0 Å². The highest BCUT2D eigenvalue weighted by atomic mass is 35.5. The molecule has 1 N–H and O–H groups in total. The second kappa shape index (κ2) is 3.81. The number of hydrogen-bond donors (Lipinski definition) is 1. The predicted octanol–water partition coefficient (Wildman–Crippen LogP) is 2.62. The van der Waals surface area contributed by atoms with Crippen molar-refractivity contribution < 1.29 is 13.2 Å². The Morgan fingerprint density at radius 1 is 1.62 bits per heavy atom. The lowest BCUT2D eigenvalue weighted by Gasteiger charge is -2.17. The van der Waals surface area contributed by atoms with Crippen LogP contribution in [0.15, 0.2) is 6.20 Å². The van der Waals surface area contributed by atoms with E-state index in [1.165, 1.54) is 7.05 Å². The number of nitrogens with one attached hydrogen (secondary N) is 1. The van der Waals surface area contributed by atoms with Crippen LogP contribution in [-0.4, -0.2) is 18.2 Å². The lowest BCUT2D eigenvalue weighted by molar-refractivity contribution is -0.155. The number of rotatable bonds is 2. The minimum Gasteiger partial charge on any atom is -0.305 e. The van der Waals surface area contributed by atoms with Gasteiger partial charge in [-0.3, -0.25) is 0 Å². The SMILES string of the molecule is CNC(c1cnc(Cl)s1)C(F)(F)F. The molecule has 1 rings (SSSR count). The molecule has 0 radical (unpaired) electrons. The van der Waals surface area contributed by atoms with Gasteiger partial charge in [0.2, 0.25) is 0 Å². The highest BCUT2D eigenvalue weighted by molar-refractivity contribution is 7.15. The molecule has 74 valence electrons. The van der Waals surface area contributed by atoms with Crippen molar-refractivity contribution in [2.24, 2.45) is 0 Å². The predicted molar refractivity (Wildman–Crippen MR) is 45.0 cm³/mol. The van der Waals surface area contributed by atoms with Gasteiger partial charge in [-0.25, -0.2) is 4.98 Å². The van der Waals surface area contributed by atoms with Gasteiger partial charge in [0.1, 0.15) is 6.04 Å². The van der Waals surface area contributed by atoms with Crippen molar-refractivity contribution in [3.8, 4) is 0 Å². The van der Waals surface area contributed by atoms with Gasteiger partial charge in [-0.05, 0) is 7.05 Å². The van der Waals surface area contributed by atoms with Crippen LogP contribution in [0.25, 0.3) is 0 Å². The third kappa shape index (κ3) is 2.55. The molecule has 0 fully saturated rings. The molecule has 0 saturated heterocycles. The van der Waals surface area contributed by atoms with Crippen LogP contribution < -0.4 is 5.32 Å². The Hall–Kier alpha value is -0.330. The molecule has 0 aliphatic heterocycles. The molecule has 0 spiro atoms. The van der Waals surface area contributed by atoms with Crippen molar-refractivity contribution in [3.05, 3.63) is 15.5 Å². The average Bonchev–Trinajstić information content (AvgIpc) is 2.34. The molecule has 1 heterocycles. The quantitative estimate of drug-likeness (QED) is 0.845. The minimum absolute atomic E-state index is 0.0694. The summed E-state index contributed by atoms with van der Waals surface area (Å²) in [5, 5.41) is 2.16. The van der Waals surface area contributed by atoms with Gasteiger partial charge >= 0.3 is 6.18 Å². The van der Waals surface area contributed by atoms with E-state index in [1.807, 2.05) is 0 Å². The summed E-state index contributed by atoms with van der Waals surface area (Å²) in [7, 11) is 1.24. The van der Waals surface area contributed by atoms with Crippen LogP contribution in [0.3, 0.4) is 0 Å². The fraction of sp³-hybridized carbons (Fsp3) is 0.500. The van der Waals surface area contributed by atoms with Gasteiger partial charge in [-0.15, -0.1) is 11.3 Å². The standard InChI is InChI=1S/C6H6ClF3N2S/c1-11-4(6(8,9)10)3-2-12-5(7)13-3/h2,4,11H,1H3. The van der Waals surface area contributed by atoms with Crippen LogP contribution in [0, 0.1) is 0 Å². The van der Waals surface area contributed by atoms with Crippen LogP contribution in [0.5, 0.6) is 0 Å². The van der Waals surface area contributed by atoms with Crippen molar-refractivity contribution in [1.82, 2.24) is 10.3 Å². The molecular weight excluding hydrogens is 225 g/mol. The molecule has 0 bridgehead atoms. The number of halogens is 4. The first-order valence-electron chi connectivity index (χ1n) is 3.30. The minimum atomic E-state index is -4.31. The van der Waals surface area contributed by atoms with E-state index in [-0.39, 0.29) is 9.34 Å². The molecule has 1 atom stereocenters. The Bertz CT molecular complexity index is 286. The first kappa shape index (κ1) is 10.7. The van der Waals surface area contributed by atoms with E-state index in [4.69, 9.17) is 11.6 Å². The maximum atomic E-state index is 12.3. The first-order chi connectivity index (χ1) is 5.95. The number of thiazole rings is 1. The molecule has 1 aromatic rings. The number of aromatic nitrogens is 1. The van der Waals surface area contributed by atoms with E-state index in [1.54, 1.807) is 0 Å². The van der Waals surface area contributed by atoms with E-state index in [0.717, 1.165) is 17.5 Å². The lowest BCUT2D eigenvalue weighted by Crippen LogP contribution is -2.30. The second-order valence-electron chi connectivity index (χ2n) is 2.28. The van der Waals surface area contributed by atoms with E-state index in [9.17, 15) is 13.2 Å². The van der Waals surface area contributed by atoms with E-state index in [2.05, 4.69) is 10.3 Å². The highest BCUT2D eigenvalue weighted by Crippen LogP contribution is 2.35. The normalized spacial score (nSPS) is 14.5. The Kier molecular flexibility index (Phi) is 3.15. The summed E-state index contributed by atoms with van der Waals surface area (Å²) in [6.07, 6.45) is -3.19. The van der Waals surface area contributed by atoms with Gasteiger partial charge in [0.05, 0.1) is 4.88 Å². The average molecular weight is 231 g/mol. The van der Waals surface area contributed by atoms with Gasteiger partial charge in [-0.2, -0.15) is 13.2 Å². The van der Waals surface area contributed by atoms with Gasteiger partial charge in [-0.1, -0.05) is 11.6 Å². The molecule has 0 saturated carbocycles. The molecule has 0 aromatic carbocycles. The smallest absolute Gasteiger partial charge is 0.305 e. The summed E-state index contributed by atoms with van der Waals surface area (Å²) in [5.74, 6) is 0.